The Hall–Kier alpha value is -3.21. The summed E-state index contributed by atoms with van der Waals surface area (Å²) in [4.78, 5) is 6.85. The molecule has 4 aromatic rings. The molecule has 5 rings (SSSR count). The normalized spacial score (nSPS) is 21.8. The van der Waals surface area contributed by atoms with E-state index in [4.69, 9.17) is 14.5 Å². The quantitative estimate of drug-likeness (QED) is 0.243. The average molecular weight is 507 g/mol. The Labute approximate surface area is 215 Å². The summed E-state index contributed by atoms with van der Waals surface area (Å²) in [7, 11) is 4.11. The lowest BCUT2D eigenvalue weighted by Gasteiger charge is -2.20. The lowest BCUT2D eigenvalue weighted by molar-refractivity contribution is -0.0499. The zero-order valence-electron chi connectivity index (χ0n) is 21.1. The first-order chi connectivity index (χ1) is 17.9. The molecule has 1 aliphatic rings. The lowest BCUT2D eigenvalue weighted by atomic mass is 10.1. The number of ether oxygens (including phenoxy) is 2. The van der Waals surface area contributed by atoms with E-state index in [2.05, 4.69) is 54.6 Å². The van der Waals surface area contributed by atoms with Crippen molar-refractivity contribution in [1.82, 2.24) is 14.5 Å². The number of imidazole rings is 1. The third kappa shape index (κ3) is 5.41. The molecule has 1 aromatic heterocycles. The number of aromatic nitrogens is 2. The van der Waals surface area contributed by atoms with Crippen molar-refractivity contribution in [3.63, 3.8) is 0 Å². The maximum Gasteiger partial charge on any atom is 0.206 e. The molecular formula is C28H34N4O5. The minimum Gasteiger partial charge on any atom is -0.494 e. The second-order valence-electron chi connectivity index (χ2n) is 9.73. The van der Waals surface area contributed by atoms with Gasteiger partial charge in [-0.25, -0.2) is 4.98 Å². The zero-order chi connectivity index (χ0) is 25.9. The molecule has 0 radical (unpaired) electrons. The number of aliphatic hydroxyl groups is 3. The van der Waals surface area contributed by atoms with Crippen LogP contribution in [0.4, 0.5) is 5.95 Å². The van der Waals surface area contributed by atoms with Crippen molar-refractivity contribution >= 4 is 27.8 Å². The number of anilines is 1. The maximum atomic E-state index is 10.7. The number of benzene rings is 3. The van der Waals surface area contributed by atoms with E-state index < -0.39 is 24.5 Å². The molecule has 0 aliphatic carbocycles. The van der Waals surface area contributed by atoms with Crippen LogP contribution in [0.2, 0.25) is 0 Å². The predicted octanol–water partition coefficient (Wildman–Crippen LogP) is 2.74. The largest absolute Gasteiger partial charge is 0.494 e. The van der Waals surface area contributed by atoms with Gasteiger partial charge in [-0.15, -0.1) is 0 Å². The van der Waals surface area contributed by atoms with Gasteiger partial charge in [0.2, 0.25) is 5.95 Å². The van der Waals surface area contributed by atoms with Gasteiger partial charge >= 0.3 is 0 Å². The number of aliphatic hydroxyl groups excluding tert-OH is 3. The summed E-state index contributed by atoms with van der Waals surface area (Å²) in [6, 6.07) is 19.9. The average Bonchev–Trinajstić information content (AvgIpc) is 3.41. The minimum atomic E-state index is -1.20. The van der Waals surface area contributed by atoms with Crippen molar-refractivity contribution in [3.05, 3.63) is 66.2 Å². The lowest BCUT2D eigenvalue weighted by Crippen LogP contribution is -2.33. The highest BCUT2D eigenvalue weighted by Crippen LogP contribution is 2.35. The van der Waals surface area contributed by atoms with E-state index in [9.17, 15) is 15.3 Å². The smallest absolute Gasteiger partial charge is 0.206 e. The first kappa shape index (κ1) is 25.4. The highest BCUT2D eigenvalue weighted by molar-refractivity contribution is 5.84. The van der Waals surface area contributed by atoms with Gasteiger partial charge in [-0.05, 0) is 67.2 Å². The van der Waals surface area contributed by atoms with Crippen LogP contribution in [0.3, 0.4) is 0 Å². The molecular weight excluding hydrogens is 472 g/mol. The van der Waals surface area contributed by atoms with Crippen molar-refractivity contribution in [3.8, 4) is 5.75 Å². The van der Waals surface area contributed by atoms with E-state index in [0.717, 1.165) is 46.1 Å². The Morgan fingerprint density at radius 2 is 1.81 bits per heavy atom. The van der Waals surface area contributed by atoms with Gasteiger partial charge in [0.15, 0.2) is 6.23 Å². The fourth-order valence-electron chi connectivity index (χ4n) is 4.75. The molecule has 196 valence electrons. The SMILES string of the molecule is CN(C)CCCOc1ccc2cc(CNc3nc4ccccc4n3[C@@H]3O[C@H](CO)[C@@H](O)[C@H]3O)ccc2c1. The van der Waals surface area contributed by atoms with Crippen LogP contribution >= 0.6 is 0 Å². The van der Waals surface area contributed by atoms with Gasteiger partial charge in [0, 0.05) is 13.1 Å². The van der Waals surface area contributed by atoms with Crippen LogP contribution in [0.1, 0.15) is 18.2 Å². The number of rotatable bonds is 10. The molecule has 1 aliphatic heterocycles. The molecule has 0 saturated carbocycles. The van der Waals surface area contributed by atoms with Crippen molar-refractivity contribution in [2.45, 2.75) is 37.5 Å². The van der Waals surface area contributed by atoms with E-state index in [1.54, 1.807) is 4.57 Å². The number of hydrogen-bond acceptors (Lipinski definition) is 8. The van der Waals surface area contributed by atoms with Gasteiger partial charge in [0.05, 0.1) is 24.2 Å². The number of fused-ring (bicyclic) bond motifs is 2. The second kappa shape index (κ2) is 11.0. The summed E-state index contributed by atoms with van der Waals surface area (Å²) >= 11 is 0. The van der Waals surface area contributed by atoms with Gasteiger partial charge in [-0.3, -0.25) is 4.57 Å². The molecule has 3 aromatic carbocycles. The van der Waals surface area contributed by atoms with Gasteiger partial charge in [-0.1, -0.05) is 30.3 Å². The Morgan fingerprint density at radius 1 is 1.03 bits per heavy atom. The highest BCUT2D eigenvalue weighted by atomic mass is 16.6. The van der Waals surface area contributed by atoms with Gasteiger partial charge < -0.3 is 35.0 Å². The molecule has 1 saturated heterocycles. The van der Waals surface area contributed by atoms with Crippen LogP contribution in [0.15, 0.2) is 60.7 Å². The van der Waals surface area contributed by atoms with Crippen LogP contribution in [-0.4, -0.2) is 81.9 Å². The topological polar surface area (TPSA) is 112 Å². The summed E-state index contributed by atoms with van der Waals surface area (Å²) < 4.78 is 13.5. The molecule has 0 unspecified atom stereocenters. The zero-order valence-corrected chi connectivity index (χ0v) is 21.1. The van der Waals surface area contributed by atoms with E-state index in [0.29, 0.717) is 19.1 Å². The first-order valence-electron chi connectivity index (χ1n) is 12.6. The molecule has 2 heterocycles. The van der Waals surface area contributed by atoms with Crippen LogP contribution in [0.25, 0.3) is 21.8 Å². The van der Waals surface area contributed by atoms with E-state index in [-0.39, 0.29) is 6.61 Å². The van der Waals surface area contributed by atoms with E-state index >= 15 is 0 Å². The Balaban J connectivity index is 1.33. The fourth-order valence-corrected chi connectivity index (χ4v) is 4.75. The van der Waals surface area contributed by atoms with Crippen molar-refractivity contribution < 1.29 is 24.8 Å². The highest BCUT2D eigenvalue weighted by Gasteiger charge is 2.44. The Morgan fingerprint density at radius 3 is 2.59 bits per heavy atom. The summed E-state index contributed by atoms with van der Waals surface area (Å²) in [5, 5.41) is 36.1. The fraction of sp³-hybridized carbons (Fsp3) is 0.393. The standard InChI is InChI=1S/C28H34N4O5/c1-31(2)12-5-13-36-21-11-10-19-14-18(8-9-20(19)15-21)16-29-28-30-22-6-3-4-7-23(22)32(28)27-26(35)25(34)24(17-33)37-27/h3-4,6-11,14-15,24-27,33-35H,5,12-13,16-17H2,1-2H3,(H,29,30)/t24-,25-,26-,27-/m1/s1. The van der Waals surface area contributed by atoms with Gasteiger partial charge in [0.1, 0.15) is 24.1 Å². The van der Waals surface area contributed by atoms with Crippen molar-refractivity contribution in [2.75, 3.05) is 39.2 Å². The van der Waals surface area contributed by atoms with Crippen molar-refractivity contribution in [1.29, 1.82) is 0 Å². The van der Waals surface area contributed by atoms with Crippen molar-refractivity contribution in [2.24, 2.45) is 0 Å². The van der Waals surface area contributed by atoms with E-state index in [1.165, 1.54) is 0 Å². The van der Waals surface area contributed by atoms with Crippen LogP contribution in [-0.2, 0) is 11.3 Å². The summed E-state index contributed by atoms with van der Waals surface area (Å²) in [5.74, 6) is 1.38. The monoisotopic (exact) mass is 506 g/mol. The van der Waals surface area contributed by atoms with Crippen LogP contribution in [0, 0.1) is 0 Å². The molecule has 37 heavy (non-hydrogen) atoms. The number of nitrogens with zero attached hydrogens (tertiary/aromatic N) is 3. The molecule has 1 fully saturated rings. The molecule has 9 nitrogen and oxygen atoms in total. The Kier molecular flexibility index (Phi) is 7.59. The number of nitrogens with one attached hydrogen (secondary N) is 1. The van der Waals surface area contributed by atoms with E-state index in [1.807, 2.05) is 30.3 Å². The minimum absolute atomic E-state index is 0.385. The molecule has 0 bridgehead atoms. The number of hydrogen-bond donors (Lipinski definition) is 4. The summed E-state index contributed by atoms with van der Waals surface area (Å²) in [6.07, 6.45) is -3.16. The summed E-state index contributed by atoms with van der Waals surface area (Å²) in [6.45, 7) is 1.79. The molecule has 9 heteroatoms. The molecule has 0 spiro atoms. The third-order valence-corrected chi connectivity index (χ3v) is 6.71. The Bertz CT molecular complexity index is 1360. The summed E-state index contributed by atoms with van der Waals surface area (Å²) in [5.41, 5.74) is 2.56. The number of para-hydroxylation sites is 2. The predicted molar refractivity (Wildman–Crippen MR) is 143 cm³/mol. The maximum absolute atomic E-state index is 10.7. The first-order valence-corrected chi connectivity index (χ1v) is 12.6. The third-order valence-electron chi connectivity index (χ3n) is 6.71. The van der Waals surface area contributed by atoms with Gasteiger partial charge in [0.25, 0.3) is 0 Å². The van der Waals surface area contributed by atoms with Crippen LogP contribution < -0.4 is 10.1 Å². The second-order valence-corrected chi connectivity index (χ2v) is 9.73. The van der Waals surface area contributed by atoms with Crippen LogP contribution in [0.5, 0.6) is 5.75 Å². The molecule has 4 atom stereocenters. The van der Waals surface area contributed by atoms with Gasteiger partial charge in [-0.2, -0.15) is 0 Å². The molecule has 0 amide bonds. The molecule has 4 N–H and O–H groups in total.